The van der Waals surface area contributed by atoms with E-state index < -0.39 is 0 Å². The SMILES string of the molecule is Nc1ncc(-c2cnn(C3CCCNC3)c2)nc1-c1nc2ccc(F)cc2[nH]1. The molecule has 1 saturated heterocycles. The van der Waals surface area contributed by atoms with Crippen molar-refractivity contribution in [3.05, 3.63) is 42.6 Å². The fourth-order valence-corrected chi connectivity index (χ4v) is 3.53. The summed E-state index contributed by atoms with van der Waals surface area (Å²) in [4.78, 5) is 16.4. The summed E-state index contributed by atoms with van der Waals surface area (Å²) in [6, 6.07) is 4.71. The highest BCUT2D eigenvalue weighted by Crippen LogP contribution is 2.27. The predicted octanol–water partition coefficient (Wildman–Crippen LogP) is 2.53. The molecule has 1 aliphatic heterocycles. The van der Waals surface area contributed by atoms with Crippen molar-refractivity contribution in [1.82, 2.24) is 35.0 Å². The van der Waals surface area contributed by atoms with Gasteiger partial charge in [0.25, 0.3) is 0 Å². The predicted molar refractivity (Wildman–Crippen MR) is 104 cm³/mol. The van der Waals surface area contributed by atoms with Gasteiger partial charge in [0.15, 0.2) is 11.6 Å². The molecule has 0 aliphatic carbocycles. The number of fused-ring (bicyclic) bond motifs is 1. The number of halogens is 1. The highest BCUT2D eigenvalue weighted by molar-refractivity contribution is 5.81. The molecule has 4 aromatic rings. The van der Waals surface area contributed by atoms with Gasteiger partial charge in [-0.05, 0) is 37.6 Å². The molecule has 4 heterocycles. The van der Waals surface area contributed by atoms with Crippen molar-refractivity contribution in [1.29, 1.82) is 0 Å². The lowest BCUT2D eigenvalue weighted by Gasteiger charge is -2.22. The van der Waals surface area contributed by atoms with E-state index in [1.807, 2.05) is 10.9 Å². The van der Waals surface area contributed by atoms with Gasteiger partial charge in [-0.15, -0.1) is 0 Å². The maximum absolute atomic E-state index is 13.5. The number of aromatic amines is 1. The third-order valence-corrected chi connectivity index (χ3v) is 5.01. The van der Waals surface area contributed by atoms with Gasteiger partial charge in [0.1, 0.15) is 11.5 Å². The molecular formula is C19H19FN8. The number of aromatic nitrogens is 6. The molecule has 1 aliphatic rings. The molecule has 1 atom stereocenters. The lowest BCUT2D eigenvalue weighted by Crippen LogP contribution is -2.31. The number of piperidine rings is 1. The summed E-state index contributed by atoms with van der Waals surface area (Å²) in [5.41, 5.74) is 9.21. The molecule has 0 amide bonds. The molecule has 0 bridgehead atoms. The van der Waals surface area contributed by atoms with Crippen molar-refractivity contribution >= 4 is 16.9 Å². The lowest BCUT2D eigenvalue weighted by atomic mass is 10.1. The standard InChI is InChI=1S/C19H19FN8/c20-12-3-4-14-15(6-12)27-19(26-14)17-18(21)23-9-16(25-17)11-7-24-28(10-11)13-2-1-5-22-8-13/h3-4,6-7,9-10,13,22H,1-2,5,8H2,(H2,21,23)(H,26,27). The molecule has 1 unspecified atom stereocenters. The number of nitrogens with two attached hydrogens (primary N) is 1. The van der Waals surface area contributed by atoms with Crippen molar-refractivity contribution in [2.45, 2.75) is 18.9 Å². The van der Waals surface area contributed by atoms with E-state index in [1.54, 1.807) is 18.5 Å². The van der Waals surface area contributed by atoms with Gasteiger partial charge in [0.2, 0.25) is 0 Å². The van der Waals surface area contributed by atoms with E-state index in [0.29, 0.717) is 34.3 Å². The minimum Gasteiger partial charge on any atom is -0.382 e. The van der Waals surface area contributed by atoms with Crippen LogP contribution in [0, 0.1) is 5.82 Å². The summed E-state index contributed by atoms with van der Waals surface area (Å²) in [7, 11) is 0. The average molecular weight is 378 g/mol. The molecule has 0 spiro atoms. The van der Waals surface area contributed by atoms with Crippen LogP contribution in [-0.4, -0.2) is 42.8 Å². The highest BCUT2D eigenvalue weighted by Gasteiger charge is 2.18. The zero-order valence-corrected chi connectivity index (χ0v) is 15.1. The smallest absolute Gasteiger partial charge is 0.161 e. The zero-order valence-electron chi connectivity index (χ0n) is 15.1. The first-order valence-corrected chi connectivity index (χ1v) is 9.21. The van der Waals surface area contributed by atoms with Crippen LogP contribution in [0.3, 0.4) is 0 Å². The van der Waals surface area contributed by atoms with E-state index in [1.165, 1.54) is 12.1 Å². The van der Waals surface area contributed by atoms with Gasteiger partial charge in [-0.2, -0.15) is 5.10 Å². The summed E-state index contributed by atoms with van der Waals surface area (Å²) < 4.78 is 15.4. The molecule has 28 heavy (non-hydrogen) atoms. The van der Waals surface area contributed by atoms with E-state index in [9.17, 15) is 4.39 Å². The van der Waals surface area contributed by atoms with Crippen LogP contribution in [0.25, 0.3) is 33.8 Å². The second kappa shape index (κ2) is 6.68. The van der Waals surface area contributed by atoms with Gasteiger partial charge < -0.3 is 16.0 Å². The largest absolute Gasteiger partial charge is 0.382 e. The molecule has 4 N–H and O–H groups in total. The van der Waals surface area contributed by atoms with Crippen molar-refractivity contribution in [2.24, 2.45) is 0 Å². The quantitative estimate of drug-likeness (QED) is 0.505. The van der Waals surface area contributed by atoms with Crippen LogP contribution in [0.5, 0.6) is 0 Å². The van der Waals surface area contributed by atoms with Gasteiger partial charge in [0.05, 0.1) is 35.2 Å². The van der Waals surface area contributed by atoms with E-state index in [-0.39, 0.29) is 11.6 Å². The number of imidazole rings is 1. The Morgan fingerprint density at radius 2 is 2.14 bits per heavy atom. The first-order valence-electron chi connectivity index (χ1n) is 9.21. The third-order valence-electron chi connectivity index (χ3n) is 5.01. The number of nitrogen functional groups attached to an aromatic ring is 1. The molecule has 0 saturated carbocycles. The normalized spacial score (nSPS) is 17.2. The Balaban J connectivity index is 1.51. The molecule has 1 fully saturated rings. The second-order valence-electron chi connectivity index (χ2n) is 6.95. The molecule has 142 valence electrons. The van der Waals surface area contributed by atoms with Crippen LogP contribution in [0.4, 0.5) is 10.2 Å². The van der Waals surface area contributed by atoms with Crippen LogP contribution in [-0.2, 0) is 0 Å². The van der Waals surface area contributed by atoms with Crippen molar-refractivity contribution < 1.29 is 4.39 Å². The average Bonchev–Trinajstić information content (AvgIpc) is 3.36. The minimum atomic E-state index is -0.333. The third kappa shape index (κ3) is 2.99. The monoisotopic (exact) mass is 378 g/mol. The second-order valence-corrected chi connectivity index (χ2v) is 6.95. The fourth-order valence-electron chi connectivity index (χ4n) is 3.53. The number of anilines is 1. The number of hydrogen-bond donors (Lipinski definition) is 3. The van der Waals surface area contributed by atoms with Gasteiger partial charge in [-0.1, -0.05) is 0 Å². The molecule has 5 rings (SSSR count). The summed E-state index contributed by atoms with van der Waals surface area (Å²) in [5, 5.41) is 7.89. The van der Waals surface area contributed by atoms with Gasteiger partial charge in [-0.25, -0.2) is 19.3 Å². The summed E-state index contributed by atoms with van der Waals surface area (Å²) in [6.07, 6.45) is 7.63. The van der Waals surface area contributed by atoms with Crippen LogP contribution in [0.1, 0.15) is 18.9 Å². The Morgan fingerprint density at radius 3 is 3.00 bits per heavy atom. The minimum absolute atomic E-state index is 0.257. The molecule has 9 heteroatoms. The molecular weight excluding hydrogens is 359 g/mol. The maximum Gasteiger partial charge on any atom is 0.161 e. The van der Waals surface area contributed by atoms with Crippen LogP contribution in [0.2, 0.25) is 0 Å². The number of nitrogens with zero attached hydrogens (tertiary/aromatic N) is 5. The van der Waals surface area contributed by atoms with Crippen LogP contribution < -0.4 is 11.1 Å². The Morgan fingerprint density at radius 1 is 1.21 bits per heavy atom. The Kier molecular flexibility index (Phi) is 4.01. The van der Waals surface area contributed by atoms with E-state index >= 15 is 0 Å². The molecule has 0 radical (unpaired) electrons. The van der Waals surface area contributed by atoms with Crippen LogP contribution >= 0.6 is 0 Å². The Labute approximate surface area is 160 Å². The van der Waals surface area contributed by atoms with E-state index in [0.717, 1.165) is 31.5 Å². The zero-order chi connectivity index (χ0) is 19.1. The molecule has 8 nitrogen and oxygen atoms in total. The van der Waals surface area contributed by atoms with Crippen molar-refractivity contribution in [3.63, 3.8) is 0 Å². The lowest BCUT2D eigenvalue weighted by molar-refractivity contribution is 0.347. The number of H-pyrrole nitrogens is 1. The van der Waals surface area contributed by atoms with E-state index in [2.05, 4.69) is 30.4 Å². The first kappa shape index (κ1) is 16.8. The molecule has 1 aromatic carbocycles. The molecule has 3 aromatic heterocycles. The van der Waals surface area contributed by atoms with Gasteiger partial charge in [-0.3, -0.25) is 4.68 Å². The number of hydrogen-bond acceptors (Lipinski definition) is 6. The summed E-state index contributed by atoms with van der Waals surface area (Å²) >= 11 is 0. The van der Waals surface area contributed by atoms with Gasteiger partial charge >= 0.3 is 0 Å². The number of rotatable bonds is 3. The highest BCUT2D eigenvalue weighted by atomic mass is 19.1. The first-order chi connectivity index (χ1) is 13.7. The number of benzene rings is 1. The van der Waals surface area contributed by atoms with E-state index in [4.69, 9.17) is 5.73 Å². The van der Waals surface area contributed by atoms with Gasteiger partial charge in [0, 0.05) is 18.3 Å². The Bertz CT molecular complexity index is 1140. The maximum atomic E-state index is 13.5. The topological polar surface area (TPSA) is 110 Å². The number of nitrogens with one attached hydrogen (secondary N) is 2. The van der Waals surface area contributed by atoms with Crippen LogP contribution in [0.15, 0.2) is 36.8 Å². The van der Waals surface area contributed by atoms with Crippen molar-refractivity contribution in [3.8, 4) is 22.8 Å². The fraction of sp³-hybridized carbons (Fsp3) is 0.263. The van der Waals surface area contributed by atoms with Crippen molar-refractivity contribution in [2.75, 3.05) is 18.8 Å². The summed E-state index contributed by atoms with van der Waals surface area (Å²) in [5.74, 6) is 0.378. The Hall–Kier alpha value is -3.33. The summed E-state index contributed by atoms with van der Waals surface area (Å²) in [6.45, 7) is 1.97.